The molecule has 0 radical (unpaired) electrons. The Hall–Kier alpha value is -3.45. The quantitative estimate of drug-likeness (QED) is 0.560. The summed E-state index contributed by atoms with van der Waals surface area (Å²) in [6.07, 6.45) is 0. The highest BCUT2D eigenvalue weighted by Gasteiger charge is 2.21. The van der Waals surface area contributed by atoms with Gasteiger partial charge in [-0.1, -0.05) is 46.3 Å². The largest absolute Gasteiger partial charge is 0.482 e. The molecular formula is C23H17BrN2O4. The number of rotatable bonds is 5. The fourth-order valence-electron chi connectivity index (χ4n) is 3.14. The molecule has 2 amide bonds. The van der Waals surface area contributed by atoms with Crippen molar-refractivity contribution in [3.05, 3.63) is 93.5 Å². The first-order valence-corrected chi connectivity index (χ1v) is 10.0. The molecule has 1 aliphatic rings. The maximum atomic E-state index is 13.1. The van der Waals surface area contributed by atoms with E-state index in [1.54, 1.807) is 42.5 Å². The predicted octanol–water partition coefficient (Wildman–Crippen LogP) is 3.94. The number of anilines is 1. The predicted molar refractivity (Wildman–Crippen MR) is 116 cm³/mol. The van der Waals surface area contributed by atoms with Crippen molar-refractivity contribution in [1.29, 1.82) is 0 Å². The van der Waals surface area contributed by atoms with Crippen LogP contribution in [0.4, 0.5) is 5.69 Å². The SMILES string of the molecule is O=C1COc2ccc(C(=O)c3ccccc3C(=O)NCc3ccc(Br)cc3)cc2N1. The van der Waals surface area contributed by atoms with Gasteiger partial charge in [-0.25, -0.2) is 0 Å². The Morgan fingerprint density at radius 2 is 1.73 bits per heavy atom. The summed E-state index contributed by atoms with van der Waals surface area (Å²) in [5, 5.41) is 5.54. The molecule has 4 rings (SSSR count). The molecule has 2 N–H and O–H groups in total. The lowest BCUT2D eigenvalue weighted by atomic mass is 9.97. The summed E-state index contributed by atoms with van der Waals surface area (Å²) < 4.78 is 6.29. The van der Waals surface area contributed by atoms with Crippen LogP contribution in [0.2, 0.25) is 0 Å². The topological polar surface area (TPSA) is 84.5 Å². The van der Waals surface area contributed by atoms with Gasteiger partial charge in [-0.3, -0.25) is 14.4 Å². The fraction of sp³-hybridized carbons (Fsp3) is 0.0870. The van der Waals surface area contributed by atoms with Crippen molar-refractivity contribution in [2.45, 2.75) is 6.54 Å². The van der Waals surface area contributed by atoms with Crippen LogP contribution in [0.3, 0.4) is 0 Å². The zero-order valence-corrected chi connectivity index (χ0v) is 17.4. The zero-order valence-electron chi connectivity index (χ0n) is 15.8. The van der Waals surface area contributed by atoms with Crippen LogP contribution >= 0.6 is 15.9 Å². The number of carbonyl (C=O) groups excluding carboxylic acids is 3. The van der Waals surface area contributed by atoms with E-state index in [2.05, 4.69) is 26.6 Å². The molecule has 0 fully saturated rings. The molecule has 3 aromatic carbocycles. The maximum Gasteiger partial charge on any atom is 0.262 e. The number of hydrogen-bond donors (Lipinski definition) is 2. The molecule has 0 atom stereocenters. The van der Waals surface area contributed by atoms with Gasteiger partial charge >= 0.3 is 0 Å². The molecule has 1 aliphatic heterocycles. The average Bonchev–Trinajstić information content (AvgIpc) is 2.77. The maximum absolute atomic E-state index is 13.1. The normalized spacial score (nSPS) is 12.4. The Labute approximate surface area is 181 Å². The fourth-order valence-corrected chi connectivity index (χ4v) is 3.40. The summed E-state index contributed by atoms with van der Waals surface area (Å²) >= 11 is 3.38. The Morgan fingerprint density at radius 1 is 1.00 bits per heavy atom. The van der Waals surface area contributed by atoms with E-state index in [0.29, 0.717) is 23.5 Å². The van der Waals surface area contributed by atoms with E-state index in [-0.39, 0.29) is 35.3 Å². The molecule has 3 aromatic rings. The van der Waals surface area contributed by atoms with E-state index in [9.17, 15) is 14.4 Å². The van der Waals surface area contributed by atoms with Gasteiger partial charge < -0.3 is 15.4 Å². The summed E-state index contributed by atoms with van der Waals surface area (Å²) in [5.74, 6) is -0.421. The summed E-state index contributed by atoms with van der Waals surface area (Å²) in [6, 6.07) is 19.1. The van der Waals surface area contributed by atoms with Gasteiger partial charge in [0.15, 0.2) is 12.4 Å². The number of fused-ring (bicyclic) bond motifs is 1. The van der Waals surface area contributed by atoms with Crippen LogP contribution in [-0.2, 0) is 11.3 Å². The number of ether oxygens (including phenoxy) is 1. The van der Waals surface area contributed by atoms with Crippen molar-refractivity contribution in [2.75, 3.05) is 11.9 Å². The van der Waals surface area contributed by atoms with Crippen LogP contribution in [0.5, 0.6) is 5.75 Å². The molecule has 0 bridgehead atoms. The zero-order chi connectivity index (χ0) is 21.1. The standard InChI is InChI=1S/C23H17BrN2O4/c24-16-8-5-14(6-9-16)12-25-23(29)18-4-2-1-3-17(18)22(28)15-7-10-20-19(11-15)26-21(27)13-30-20/h1-11H,12-13H2,(H,25,29)(H,26,27). The Kier molecular flexibility index (Phi) is 5.63. The molecule has 0 aromatic heterocycles. The Bertz CT molecular complexity index is 1140. The molecule has 30 heavy (non-hydrogen) atoms. The molecule has 150 valence electrons. The van der Waals surface area contributed by atoms with Gasteiger partial charge in [-0.05, 0) is 42.0 Å². The van der Waals surface area contributed by atoms with Gasteiger partial charge in [0, 0.05) is 22.1 Å². The highest BCUT2D eigenvalue weighted by atomic mass is 79.9. The number of nitrogens with one attached hydrogen (secondary N) is 2. The highest BCUT2D eigenvalue weighted by Crippen LogP contribution is 2.29. The van der Waals surface area contributed by atoms with Gasteiger partial charge in [-0.2, -0.15) is 0 Å². The number of ketones is 1. The second kappa shape index (κ2) is 8.51. The van der Waals surface area contributed by atoms with Crippen molar-refractivity contribution < 1.29 is 19.1 Å². The third kappa shape index (κ3) is 4.26. The molecule has 0 saturated carbocycles. The number of benzene rings is 3. The van der Waals surface area contributed by atoms with E-state index < -0.39 is 0 Å². The summed E-state index contributed by atoms with van der Waals surface area (Å²) in [5.41, 5.74) is 2.31. The van der Waals surface area contributed by atoms with Crippen LogP contribution in [0.1, 0.15) is 31.8 Å². The number of carbonyl (C=O) groups is 3. The van der Waals surface area contributed by atoms with Crippen LogP contribution in [0, 0.1) is 0 Å². The van der Waals surface area contributed by atoms with Crippen molar-refractivity contribution in [1.82, 2.24) is 5.32 Å². The second-order valence-corrected chi connectivity index (χ2v) is 7.65. The van der Waals surface area contributed by atoms with E-state index in [1.165, 1.54) is 0 Å². The average molecular weight is 465 g/mol. The molecule has 7 heteroatoms. The molecule has 0 spiro atoms. The smallest absolute Gasteiger partial charge is 0.262 e. The molecule has 0 unspecified atom stereocenters. The van der Waals surface area contributed by atoms with Gasteiger partial charge in [-0.15, -0.1) is 0 Å². The van der Waals surface area contributed by atoms with Gasteiger partial charge in [0.25, 0.3) is 11.8 Å². The van der Waals surface area contributed by atoms with Crippen LogP contribution in [0.15, 0.2) is 71.2 Å². The molecule has 6 nitrogen and oxygen atoms in total. The summed E-state index contributed by atoms with van der Waals surface area (Å²) in [6.45, 7) is 0.290. The number of halogens is 1. The van der Waals surface area contributed by atoms with Gasteiger partial charge in [0.05, 0.1) is 11.3 Å². The molecule has 0 aliphatic carbocycles. The minimum Gasteiger partial charge on any atom is -0.482 e. The monoisotopic (exact) mass is 464 g/mol. The van der Waals surface area contributed by atoms with E-state index in [4.69, 9.17) is 4.74 Å². The van der Waals surface area contributed by atoms with Crippen molar-refractivity contribution in [2.24, 2.45) is 0 Å². The van der Waals surface area contributed by atoms with Crippen LogP contribution in [0.25, 0.3) is 0 Å². The lowest BCUT2D eigenvalue weighted by molar-refractivity contribution is -0.118. The number of hydrogen-bond acceptors (Lipinski definition) is 4. The van der Waals surface area contributed by atoms with Crippen LogP contribution in [-0.4, -0.2) is 24.2 Å². The van der Waals surface area contributed by atoms with Gasteiger partial charge in [0.1, 0.15) is 5.75 Å². The lowest BCUT2D eigenvalue weighted by Gasteiger charge is -2.18. The Morgan fingerprint density at radius 3 is 2.50 bits per heavy atom. The van der Waals surface area contributed by atoms with E-state index in [0.717, 1.165) is 10.0 Å². The van der Waals surface area contributed by atoms with E-state index >= 15 is 0 Å². The molecular weight excluding hydrogens is 448 g/mol. The van der Waals surface area contributed by atoms with E-state index in [1.807, 2.05) is 24.3 Å². The third-order valence-electron chi connectivity index (χ3n) is 4.66. The minimum absolute atomic E-state index is 0.0539. The molecule has 1 heterocycles. The van der Waals surface area contributed by atoms with Crippen molar-refractivity contribution in [3.63, 3.8) is 0 Å². The third-order valence-corrected chi connectivity index (χ3v) is 5.19. The first-order valence-electron chi connectivity index (χ1n) is 9.24. The molecule has 0 saturated heterocycles. The first-order chi connectivity index (χ1) is 14.5. The number of amides is 2. The Balaban J connectivity index is 1.56. The van der Waals surface area contributed by atoms with Crippen molar-refractivity contribution >= 4 is 39.2 Å². The second-order valence-electron chi connectivity index (χ2n) is 6.73. The highest BCUT2D eigenvalue weighted by molar-refractivity contribution is 9.10. The lowest BCUT2D eigenvalue weighted by Crippen LogP contribution is -2.26. The van der Waals surface area contributed by atoms with Gasteiger partial charge in [0.2, 0.25) is 0 Å². The van der Waals surface area contributed by atoms with Crippen LogP contribution < -0.4 is 15.4 Å². The summed E-state index contributed by atoms with van der Waals surface area (Å²) in [7, 11) is 0. The minimum atomic E-state index is -0.337. The first kappa shape index (κ1) is 19.8. The van der Waals surface area contributed by atoms with Crippen molar-refractivity contribution in [3.8, 4) is 5.75 Å². The summed E-state index contributed by atoms with van der Waals surface area (Å²) in [4.78, 5) is 37.4.